The third-order valence-corrected chi connectivity index (χ3v) is 4.04. The Morgan fingerprint density at radius 3 is 2.48 bits per heavy atom. The predicted octanol–water partition coefficient (Wildman–Crippen LogP) is 4.53. The number of nitrogens with zero attached hydrogens (tertiary/aromatic N) is 3. The lowest BCUT2D eigenvalue weighted by atomic mass is 10.2. The molecule has 0 atom stereocenters. The first-order valence-corrected chi connectivity index (χ1v) is 8.67. The highest BCUT2D eigenvalue weighted by Gasteiger charge is 2.09. The fraction of sp³-hybridized carbons (Fsp3) is 0.167. The maximum Gasteiger partial charge on any atom is 0.246 e. The summed E-state index contributed by atoms with van der Waals surface area (Å²) in [5, 5.41) is 11.7. The van der Waals surface area contributed by atoms with Crippen molar-refractivity contribution in [3.05, 3.63) is 70.0 Å². The molecular weight excluding hydrogens is 500 g/mol. The fourth-order valence-corrected chi connectivity index (χ4v) is 2.59. The van der Waals surface area contributed by atoms with E-state index in [0.717, 1.165) is 11.1 Å². The van der Waals surface area contributed by atoms with Crippen molar-refractivity contribution in [2.75, 3.05) is 7.05 Å². The molecule has 1 aromatic heterocycles. The highest BCUT2D eigenvalue weighted by molar-refractivity contribution is 14.0. The number of aromatic nitrogens is 2. The third kappa shape index (κ3) is 6.37. The SMILES string of the molecule is CN=C(NCc1cccc(Cl)c1)NCc1nc(-c2ccc(Cl)cc2)no1.I. The average Bonchev–Trinajstić information content (AvgIpc) is 3.11. The second-order valence-electron chi connectivity index (χ2n) is 5.43. The number of benzene rings is 2. The molecule has 27 heavy (non-hydrogen) atoms. The van der Waals surface area contributed by atoms with E-state index in [4.69, 9.17) is 27.7 Å². The summed E-state index contributed by atoms with van der Waals surface area (Å²) in [6.07, 6.45) is 0. The topological polar surface area (TPSA) is 75.3 Å². The van der Waals surface area contributed by atoms with Crippen LogP contribution in [0.3, 0.4) is 0 Å². The van der Waals surface area contributed by atoms with Gasteiger partial charge in [0.2, 0.25) is 11.7 Å². The maximum absolute atomic E-state index is 5.99. The maximum atomic E-state index is 5.99. The van der Waals surface area contributed by atoms with Crippen molar-refractivity contribution in [2.45, 2.75) is 13.1 Å². The van der Waals surface area contributed by atoms with Crippen LogP contribution in [0, 0.1) is 0 Å². The molecule has 0 bridgehead atoms. The molecule has 9 heteroatoms. The Labute approximate surface area is 184 Å². The van der Waals surface area contributed by atoms with E-state index in [0.29, 0.717) is 40.8 Å². The van der Waals surface area contributed by atoms with Crippen LogP contribution in [0.25, 0.3) is 11.4 Å². The summed E-state index contributed by atoms with van der Waals surface area (Å²) in [4.78, 5) is 8.53. The van der Waals surface area contributed by atoms with Crippen LogP contribution in [0.5, 0.6) is 0 Å². The molecule has 0 aliphatic heterocycles. The molecule has 6 nitrogen and oxygen atoms in total. The number of aliphatic imine (C=N–C) groups is 1. The van der Waals surface area contributed by atoms with Gasteiger partial charge in [-0.1, -0.05) is 40.5 Å². The number of nitrogens with one attached hydrogen (secondary N) is 2. The Morgan fingerprint density at radius 1 is 1.04 bits per heavy atom. The number of halogens is 3. The van der Waals surface area contributed by atoms with E-state index in [1.54, 1.807) is 19.2 Å². The minimum absolute atomic E-state index is 0. The lowest BCUT2D eigenvalue weighted by Crippen LogP contribution is -2.36. The number of hydrogen-bond donors (Lipinski definition) is 2. The molecule has 0 unspecified atom stereocenters. The van der Waals surface area contributed by atoms with Crippen molar-refractivity contribution < 1.29 is 4.52 Å². The Kier molecular flexibility index (Phi) is 8.33. The lowest BCUT2D eigenvalue weighted by Gasteiger charge is -2.10. The second kappa shape index (κ2) is 10.5. The zero-order valence-electron chi connectivity index (χ0n) is 14.4. The Balaban J connectivity index is 0.00000261. The zero-order valence-corrected chi connectivity index (χ0v) is 18.3. The van der Waals surface area contributed by atoms with Crippen LogP contribution in [-0.4, -0.2) is 23.1 Å². The summed E-state index contributed by atoms with van der Waals surface area (Å²) in [6, 6.07) is 14.9. The molecule has 142 valence electrons. The summed E-state index contributed by atoms with van der Waals surface area (Å²) >= 11 is 11.9. The van der Waals surface area contributed by atoms with Crippen LogP contribution in [0.1, 0.15) is 11.5 Å². The Morgan fingerprint density at radius 2 is 1.78 bits per heavy atom. The van der Waals surface area contributed by atoms with Gasteiger partial charge >= 0.3 is 0 Å². The second-order valence-corrected chi connectivity index (χ2v) is 6.30. The summed E-state index contributed by atoms with van der Waals surface area (Å²) in [6.45, 7) is 0.954. The Hall–Kier alpha value is -1.84. The van der Waals surface area contributed by atoms with Gasteiger partial charge in [-0.2, -0.15) is 4.98 Å². The van der Waals surface area contributed by atoms with E-state index in [1.165, 1.54) is 0 Å². The van der Waals surface area contributed by atoms with Crippen LogP contribution in [0.15, 0.2) is 58.0 Å². The average molecular weight is 518 g/mol. The molecule has 3 aromatic rings. The van der Waals surface area contributed by atoms with E-state index in [-0.39, 0.29) is 24.0 Å². The van der Waals surface area contributed by atoms with Gasteiger partial charge in [-0.05, 0) is 42.0 Å². The van der Waals surface area contributed by atoms with Gasteiger partial charge < -0.3 is 15.2 Å². The number of guanidine groups is 1. The molecule has 0 aliphatic carbocycles. The van der Waals surface area contributed by atoms with Crippen LogP contribution >= 0.6 is 47.2 Å². The predicted molar refractivity (Wildman–Crippen MR) is 119 cm³/mol. The van der Waals surface area contributed by atoms with E-state index < -0.39 is 0 Å². The molecule has 3 rings (SSSR count). The monoisotopic (exact) mass is 517 g/mol. The van der Waals surface area contributed by atoms with Gasteiger partial charge in [0, 0.05) is 29.2 Å². The highest BCUT2D eigenvalue weighted by Crippen LogP contribution is 2.18. The lowest BCUT2D eigenvalue weighted by molar-refractivity contribution is 0.375. The smallest absolute Gasteiger partial charge is 0.246 e. The first-order valence-electron chi connectivity index (χ1n) is 7.91. The van der Waals surface area contributed by atoms with Crippen molar-refractivity contribution in [1.29, 1.82) is 0 Å². The molecule has 0 saturated carbocycles. The van der Waals surface area contributed by atoms with E-state index in [1.807, 2.05) is 36.4 Å². The van der Waals surface area contributed by atoms with Gasteiger partial charge in [-0.25, -0.2) is 0 Å². The van der Waals surface area contributed by atoms with Crippen LogP contribution in [0.4, 0.5) is 0 Å². The first-order chi connectivity index (χ1) is 12.6. The van der Waals surface area contributed by atoms with Gasteiger partial charge in [-0.15, -0.1) is 24.0 Å². The molecule has 0 fully saturated rings. The summed E-state index contributed by atoms with van der Waals surface area (Å²) in [5.41, 5.74) is 1.90. The van der Waals surface area contributed by atoms with Crippen molar-refractivity contribution >= 4 is 53.1 Å². The minimum atomic E-state index is 0. The summed E-state index contributed by atoms with van der Waals surface area (Å²) in [5.74, 6) is 1.59. The van der Waals surface area contributed by atoms with Gasteiger partial charge in [0.25, 0.3) is 0 Å². The van der Waals surface area contributed by atoms with Crippen molar-refractivity contribution in [3.8, 4) is 11.4 Å². The molecule has 0 spiro atoms. The van der Waals surface area contributed by atoms with E-state index in [9.17, 15) is 0 Å². The van der Waals surface area contributed by atoms with Gasteiger partial charge in [0.05, 0.1) is 6.54 Å². The van der Waals surface area contributed by atoms with Crippen LogP contribution in [-0.2, 0) is 13.1 Å². The van der Waals surface area contributed by atoms with Crippen LogP contribution in [0.2, 0.25) is 10.0 Å². The summed E-state index contributed by atoms with van der Waals surface area (Å²) in [7, 11) is 1.69. The molecule has 1 heterocycles. The highest BCUT2D eigenvalue weighted by atomic mass is 127. The quantitative estimate of drug-likeness (QED) is 0.295. The van der Waals surface area contributed by atoms with Gasteiger partial charge in [0.1, 0.15) is 0 Å². The first kappa shape index (κ1) is 21.5. The molecular formula is C18H18Cl2IN5O. The number of rotatable bonds is 5. The zero-order chi connectivity index (χ0) is 18.4. The van der Waals surface area contributed by atoms with Gasteiger partial charge in [-0.3, -0.25) is 4.99 Å². The molecule has 2 aromatic carbocycles. The van der Waals surface area contributed by atoms with Crippen molar-refractivity contribution in [1.82, 2.24) is 20.8 Å². The van der Waals surface area contributed by atoms with Crippen LogP contribution < -0.4 is 10.6 Å². The van der Waals surface area contributed by atoms with E-state index in [2.05, 4.69) is 25.8 Å². The standard InChI is InChI=1S/C18H17Cl2N5O.HI/c1-21-18(22-10-12-3-2-4-15(20)9-12)23-11-16-24-17(25-26-16)13-5-7-14(19)8-6-13;/h2-9H,10-11H2,1H3,(H2,21,22,23);1H. The molecule has 0 radical (unpaired) electrons. The van der Waals surface area contributed by atoms with Gasteiger partial charge in [0.15, 0.2) is 5.96 Å². The number of hydrogen-bond acceptors (Lipinski definition) is 4. The Bertz CT molecular complexity index is 899. The molecule has 0 aliphatic rings. The summed E-state index contributed by atoms with van der Waals surface area (Å²) < 4.78 is 5.27. The van der Waals surface area contributed by atoms with Crippen molar-refractivity contribution in [3.63, 3.8) is 0 Å². The van der Waals surface area contributed by atoms with Crippen molar-refractivity contribution in [2.24, 2.45) is 4.99 Å². The van der Waals surface area contributed by atoms with E-state index >= 15 is 0 Å². The normalized spacial score (nSPS) is 11.0. The third-order valence-electron chi connectivity index (χ3n) is 3.55. The fourth-order valence-electron chi connectivity index (χ4n) is 2.26. The largest absolute Gasteiger partial charge is 0.352 e. The molecule has 0 amide bonds. The molecule has 0 saturated heterocycles. The minimum Gasteiger partial charge on any atom is -0.352 e. The molecule has 2 N–H and O–H groups in total.